The molecule has 0 saturated carbocycles. The molecule has 1 N–H and O–H groups in total. The van der Waals surface area contributed by atoms with Gasteiger partial charge in [0.05, 0.1) is 9.50 Å². The van der Waals surface area contributed by atoms with E-state index in [4.69, 9.17) is 11.6 Å². The zero-order valence-corrected chi connectivity index (χ0v) is 13.0. The Morgan fingerprint density at radius 1 is 1.50 bits per heavy atom. The number of pyridine rings is 1. The van der Waals surface area contributed by atoms with Crippen molar-refractivity contribution in [1.82, 2.24) is 9.88 Å². The minimum Gasteiger partial charge on any atom is -0.369 e. The number of nitrogens with one attached hydrogen (secondary N) is 1. The molecule has 3 nitrogen and oxygen atoms in total. The molecule has 2 heterocycles. The molecule has 1 aromatic heterocycles. The van der Waals surface area contributed by atoms with Gasteiger partial charge in [-0.3, -0.25) is 0 Å². The van der Waals surface area contributed by atoms with Gasteiger partial charge in [-0.15, -0.1) is 0 Å². The molecule has 1 aliphatic heterocycles. The van der Waals surface area contributed by atoms with Crippen LogP contribution < -0.4 is 5.32 Å². The maximum atomic E-state index is 5.87. The van der Waals surface area contributed by atoms with Crippen LogP contribution >= 0.6 is 27.5 Å². The largest absolute Gasteiger partial charge is 0.369 e. The second-order valence-electron chi connectivity index (χ2n) is 4.74. The van der Waals surface area contributed by atoms with Crippen LogP contribution in [0.5, 0.6) is 0 Å². The first-order chi connectivity index (χ1) is 8.69. The Morgan fingerprint density at radius 3 is 2.83 bits per heavy atom. The number of likely N-dealkylation sites (tertiary alicyclic amines) is 1. The van der Waals surface area contributed by atoms with Crippen LogP contribution in [0, 0.1) is 5.92 Å². The Kier molecular flexibility index (Phi) is 5.27. The monoisotopic (exact) mass is 331 g/mol. The highest BCUT2D eigenvalue weighted by molar-refractivity contribution is 9.10. The number of anilines is 1. The van der Waals surface area contributed by atoms with Crippen LogP contribution in [-0.4, -0.2) is 36.1 Å². The van der Waals surface area contributed by atoms with E-state index in [1.807, 2.05) is 6.07 Å². The van der Waals surface area contributed by atoms with Gasteiger partial charge in [0.1, 0.15) is 5.82 Å². The highest BCUT2D eigenvalue weighted by Gasteiger charge is 2.18. The van der Waals surface area contributed by atoms with Crippen LogP contribution in [-0.2, 0) is 0 Å². The van der Waals surface area contributed by atoms with E-state index in [0.717, 1.165) is 22.8 Å². The van der Waals surface area contributed by atoms with Gasteiger partial charge in [0.15, 0.2) is 0 Å². The van der Waals surface area contributed by atoms with E-state index in [1.165, 1.54) is 32.5 Å². The average molecular weight is 333 g/mol. The zero-order valence-electron chi connectivity index (χ0n) is 10.6. The van der Waals surface area contributed by atoms with E-state index in [9.17, 15) is 0 Å². The summed E-state index contributed by atoms with van der Waals surface area (Å²) in [5.41, 5.74) is 0. The molecule has 0 atom stereocenters. The van der Waals surface area contributed by atoms with Crippen LogP contribution in [0.3, 0.4) is 0 Å². The van der Waals surface area contributed by atoms with Crippen molar-refractivity contribution in [3.63, 3.8) is 0 Å². The van der Waals surface area contributed by atoms with Crippen molar-refractivity contribution < 1.29 is 0 Å². The summed E-state index contributed by atoms with van der Waals surface area (Å²) in [4.78, 5) is 6.80. The molecular formula is C13H19BrClN3. The third kappa shape index (κ3) is 3.84. The normalized spacial score (nSPS) is 17.9. The Bertz CT molecular complexity index is 392. The van der Waals surface area contributed by atoms with Crippen LogP contribution in [0.4, 0.5) is 5.82 Å². The molecule has 0 amide bonds. The number of aromatic nitrogens is 1. The van der Waals surface area contributed by atoms with Gasteiger partial charge in [-0.05, 0) is 60.4 Å². The average Bonchev–Trinajstić information content (AvgIpc) is 2.38. The summed E-state index contributed by atoms with van der Waals surface area (Å²) in [5, 5.41) is 4.06. The predicted molar refractivity (Wildman–Crippen MR) is 80.3 cm³/mol. The fourth-order valence-electron chi connectivity index (χ4n) is 2.29. The lowest BCUT2D eigenvalue weighted by Gasteiger charge is -2.31. The standard InChI is InChI=1S/C13H19BrClN3/c1-2-18-5-3-10(4-6-18)8-16-13-12(14)7-11(15)9-17-13/h7,9-10H,2-6,8H2,1H3,(H,16,17). The SMILES string of the molecule is CCN1CCC(CNc2ncc(Cl)cc2Br)CC1. The van der Waals surface area contributed by atoms with E-state index in [1.54, 1.807) is 6.20 Å². The molecule has 2 rings (SSSR count). The molecule has 0 aromatic carbocycles. The predicted octanol–water partition coefficient (Wildman–Crippen LogP) is 3.64. The van der Waals surface area contributed by atoms with Crippen molar-refractivity contribution in [2.75, 3.05) is 31.5 Å². The van der Waals surface area contributed by atoms with E-state index in [0.29, 0.717) is 5.02 Å². The number of halogens is 2. The molecule has 0 spiro atoms. The number of rotatable bonds is 4. The molecule has 0 aliphatic carbocycles. The van der Waals surface area contributed by atoms with Crippen LogP contribution in [0.25, 0.3) is 0 Å². The zero-order chi connectivity index (χ0) is 13.0. The maximum absolute atomic E-state index is 5.87. The number of hydrogen-bond donors (Lipinski definition) is 1. The van der Waals surface area contributed by atoms with Crippen molar-refractivity contribution in [1.29, 1.82) is 0 Å². The minimum atomic E-state index is 0.656. The molecule has 0 bridgehead atoms. The van der Waals surface area contributed by atoms with E-state index in [-0.39, 0.29) is 0 Å². The summed E-state index contributed by atoms with van der Waals surface area (Å²) in [7, 11) is 0. The summed E-state index contributed by atoms with van der Waals surface area (Å²) < 4.78 is 0.931. The van der Waals surface area contributed by atoms with Gasteiger partial charge in [0, 0.05) is 12.7 Å². The van der Waals surface area contributed by atoms with Gasteiger partial charge in [-0.2, -0.15) is 0 Å². The number of nitrogens with zero attached hydrogens (tertiary/aromatic N) is 2. The van der Waals surface area contributed by atoms with Gasteiger partial charge < -0.3 is 10.2 Å². The summed E-state index contributed by atoms with van der Waals surface area (Å²) in [6.45, 7) is 6.83. The molecule has 1 saturated heterocycles. The third-order valence-corrected chi connectivity index (χ3v) is 4.33. The second-order valence-corrected chi connectivity index (χ2v) is 6.03. The van der Waals surface area contributed by atoms with Gasteiger partial charge in [-0.1, -0.05) is 18.5 Å². The Hall–Kier alpha value is -0.320. The molecule has 0 radical (unpaired) electrons. The first-order valence-corrected chi connectivity index (χ1v) is 7.63. The first-order valence-electron chi connectivity index (χ1n) is 6.46. The molecule has 0 unspecified atom stereocenters. The highest BCUT2D eigenvalue weighted by Crippen LogP contribution is 2.24. The van der Waals surface area contributed by atoms with Gasteiger partial charge in [0.2, 0.25) is 0 Å². The van der Waals surface area contributed by atoms with Crippen molar-refractivity contribution in [2.45, 2.75) is 19.8 Å². The molecule has 18 heavy (non-hydrogen) atoms. The lowest BCUT2D eigenvalue weighted by Crippen LogP contribution is -2.35. The van der Waals surface area contributed by atoms with Crippen molar-refractivity contribution >= 4 is 33.3 Å². The van der Waals surface area contributed by atoms with Crippen molar-refractivity contribution in [3.8, 4) is 0 Å². The minimum absolute atomic E-state index is 0.656. The first kappa shape index (κ1) is 14.1. The Morgan fingerprint density at radius 2 is 2.22 bits per heavy atom. The van der Waals surface area contributed by atoms with Crippen molar-refractivity contribution in [2.24, 2.45) is 5.92 Å². The van der Waals surface area contributed by atoms with E-state index in [2.05, 4.69) is 38.1 Å². The summed E-state index contributed by atoms with van der Waals surface area (Å²) >= 11 is 9.35. The molecule has 100 valence electrons. The van der Waals surface area contributed by atoms with E-state index < -0.39 is 0 Å². The summed E-state index contributed by atoms with van der Waals surface area (Å²) in [6.07, 6.45) is 4.21. The maximum Gasteiger partial charge on any atom is 0.140 e. The molecule has 5 heteroatoms. The Labute approximate surface area is 122 Å². The summed E-state index contributed by atoms with van der Waals surface area (Å²) in [6, 6.07) is 1.87. The smallest absolute Gasteiger partial charge is 0.140 e. The van der Waals surface area contributed by atoms with Gasteiger partial charge in [-0.25, -0.2) is 4.98 Å². The van der Waals surface area contributed by atoms with Gasteiger partial charge >= 0.3 is 0 Å². The number of hydrogen-bond acceptors (Lipinski definition) is 3. The quantitative estimate of drug-likeness (QED) is 0.912. The Balaban J connectivity index is 1.81. The van der Waals surface area contributed by atoms with Crippen LogP contribution in [0.1, 0.15) is 19.8 Å². The third-order valence-electron chi connectivity index (χ3n) is 3.52. The second kappa shape index (κ2) is 6.73. The molecule has 1 fully saturated rings. The fraction of sp³-hybridized carbons (Fsp3) is 0.615. The van der Waals surface area contributed by atoms with Crippen LogP contribution in [0.2, 0.25) is 5.02 Å². The lowest BCUT2D eigenvalue weighted by molar-refractivity contribution is 0.198. The molecule has 1 aromatic rings. The fourth-order valence-corrected chi connectivity index (χ4v) is 3.07. The van der Waals surface area contributed by atoms with Crippen molar-refractivity contribution in [3.05, 3.63) is 21.8 Å². The van der Waals surface area contributed by atoms with Gasteiger partial charge in [0.25, 0.3) is 0 Å². The molecular weight excluding hydrogens is 314 g/mol. The number of piperidine rings is 1. The molecule has 1 aliphatic rings. The summed E-state index contributed by atoms with van der Waals surface area (Å²) in [5.74, 6) is 1.63. The lowest BCUT2D eigenvalue weighted by atomic mass is 9.97. The highest BCUT2D eigenvalue weighted by atomic mass is 79.9. The van der Waals surface area contributed by atoms with E-state index >= 15 is 0 Å². The van der Waals surface area contributed by atoms with Crippen LogP contribution in [0.15, 0.2) is 16.7 Å². The topological polar surface area (TPSA) is 28.2 Å².